The minimum atomic E-state index is -4.28. The normalized spacial score (nSPS) is 11.4. The van der Waals surface area contributed by atoms with Crippen LogP contribution in [0.2, 0.25) is 5.02 Å². The van der Waals surface area contributed by atoms with E-state index < -0.39 is 12.7 Å². The molecule has 0 unspecified atom stereocenters. The molecule has 1 aromatic carbocycles. The number of nitrogens with one attached hydrogen (secondary N) is 1. The highest BCUT2D eigenvalue weighted by Crippen LogP contribution is 2.26. The zero-order valence-electron chi connectivity index (χ0n) is 9.68. The molecule has 0 saturated heterocycles. The smallest absolute Gasteiger partial charge is 0.384 e. The molecule has 3 N–H and O–H groups in total. The van der Waals surface area contributed by atoms with Gasteiger partial charge in [-0.1, -0.05) is 11.6 Å². The summed E-state index contributed by atoms with van der Waals surface area (Å²) in [5.41, 5.74) is 5.94. The van der Waals surface area contributed by atoms with Crippen molar-refractivity contribution in [3.63, 3.8) is 0 Å². The molecule has 0 fully saturated rings. The number of nitrogens with two attached hydrogens (primary N) is 1. The fourth-order valence-corrected chi connectivity index (χ4v) is 1.80. The van der Waals surface area contributed by atoms with E-state index in [2.05, 4.69) is 0 Å². The van der Waals surface area contributed by atoms with E-state index in [0.29, 0.717) is 11.3 Å². The lowest BCUT2D eigenvalue weighted by atomic mass is 10.1. The average molecular weight is 280 g/mol. The molecule has 0 aliphatic heterocycles. The van der Waals surface area contributed by atoms with E-state index >= 15 is 0 Å². The third-order valence-corrected chi connectivity index (χ3v) is 2.67. The van der Waals surface area contributed by atoms with Gasteiger partial charge in [0, 0.05) is 17.8 Å². The maximum Gasteiger partial charge on any atom is 0.405 e. The lowest BCUT2D eigenvalue weighted by molar-refractivity contribution is -0.119. The van der Waals surface area contributed by atoms with Crippen LogP contribution in [0.1, 0.15) is 12.5 Å². The highest BCUT2D eigenvalue weighted by molar-refractivity contribution is 6.34. The van der Waals surface area contributed by atoms with E-state index in [1.54, 1.807) is 6.92 Å². The molecule has 0 spiro atoms. The predicted molar refractivity (Wildman–Crippen MR) is 66.4 cm³/mol. The third kappa shape index (κ3) is 3.80. The number of rotatable bonds is 4. The van der Waals surface area contributed by atoms with E-state index in [1.165, 1.54) is 18.2 Å². The molecule has 18 heavy (non-hydrogen) atoms. The van der Waals surface area contributed by atoms with Crippen molar-refractivity contribution in [3.05, 3.63) is 28.8 Å². The number of amidine groups is 1. The fraction of sp³-hybridized carbons (Fsp3) is 0.364. The van der Waals surface area contributed by atoms with Gasteiger partial charge in [-0.2, -0.15) is 13.2 Å². The number of hydrogen-bond donors (Lipinski definition) is 2. The molecular formula is C11H13ClF3N3. The maximum atomic E-state index is 12.4. The van der Waals surface area contributed by atoms with E-state index in [4.69, 9.17) is 22.7 Å². The quantitative estimate of drug-likeness (QED) is 0.657. The SMILES string of the molecule is CCN(CC(F)(F)F)c1ccc(C(=N)N)c(Cl)c1. The Morgan fingerprint density at radius 1 is 1.44 bits per heavy atom. The number of nitrogens with zero attached hydrogens (tertiary/aromatic N) is 1. The van der Waals surface area contributed by atoms with Gasteiger partial charge >= 0.3 is 6.18 Å². The lowest BCUT2D eigenvalue weighted by Crippen LogP contribution is -2.34. The van der Waals surface area contributed by atoms with Gasteiger partial charge in [-0.25, -0.2) is 0 Å². The molecule has 0 amide bonds. The summed E-state index contributed by atoms with van der Waals surface area (Å²) in [5, 5.41) is 7.41. The van der Waals surface area contributed by atoms with Gasteiger partial charge in [0.2, 0.25) is 0 Å². The molecule has 0 aliphatic rings. The molecule has 3 nitrogen and oxygen atoms in total. The van der Waals surface area contributed by atoms with Crippen LogP contribution in [-0.2, 0) is 0 Å². The number of nitrogen functional groups attached to an aromatic ring is 1. The fourth-order valence-electron chi connectivity index (χ4n) is 1.52. The van der Waals surface area contributed by atoms with Crippen LogP contribution >= 0.6 is 11.6 Å². The summed E-state index contributed by atoms with van der Waals surface area (Å²) in [5.74, 6) is -0.217. The second-order valence-electron chi connectivity index (χ2n) is 3.71. The van der Waals surface area contributed by atoms with E-state index in [1.807, 2.05) is 0 Å². The monoisotopic (exact) mass is 279 g/mol. The van der Waals surface area contributed by atoms with Gasteiger partial charge in [-0.3, -0.25) is 5.41 Å². The van der Waals surface area contributed by atoms with Gasteiger partial charge in [0.25, 0.3) is 0 Å². The standard InChI is InChI=1S/C11H13ClF3N3/c1-2-18(6-11(13,14)15)7-3-4-8(10(16)17)9(12)5-7/h3-5H,2,6H2,1H3,(H3,16,17). The van der Waals surface area contributed by atoms with E-state index in [0.717, 1.165) is 4.90 Å². The molecule has 0 saturated carbocycles. The van der Waals surface area contributed by atoms with Gasteiger partial charge < -0.3 is 10.6 Å². The van der Waals surface area contributed by atoms with Gasteiger partial charge in [0.1, 0.15) is 12.4 Å². The molecule has 0 aliphatic carbocycles. The Labute approximate surface area is 108 Å². The predicted octanol–water partition coefficient (Wildman–Crippen LogP) is 3.01. The molecule has 0 atom stereocenters. The first-order valence-corrected chi connectivity index (χ1v) is 5.58. The van der Waals surface area contributed by atoms with Crippen LogP contribution in [0.25, 0.3) is 0 Å². The van der Waals surface area contributed by atoms with Crippen molar-refractivity contribution in [2.75, 3.05) is 18.0 Å². The van der Waals surface area contributed by atoms with Crippen molar-refractivity contribution >= 4 is 23.1 Å². The minimum absolute atomic E-state index is 0.167. The third-order valence-electron chi connectivity index (χ3n) is 2.36. The van der Waals surface area contributed by atoms with Gasteiger partial charge in [0.15, 0.2) is 0 Å². The summed E-state index contributed by atoms with van der Waals surface area (Å²) in [4.78, 5) is 1.15. The van der Waals surface area contributed by atoms with E-state index in [9.17, 15) is 13.2 Å². The van der Waals surface area contributed by atoms with E-state index in [-0.39, 0.29) is 17.4 Å². The zero-order valence-corrected chi connectivity index (χ0v) is 10.4. The van der Waals surface area contributed by atoms with Crippen molar-refractivity contribution < 1.29 is 13.2 Å². The Hall–Kier alpha value is -1.43. The number of anilines is 1. The Balaban J connectivity index is 3.01. The molecular weight excluding hydrogens is 267 g/mol. The molecule has 1 rings (SSSR count). The van der Waals surface area contributed by atoms with Crippen LogP contribution < -0.4 is 10.6 Å². The van der Waals surface area contributed by atoms with Crippen molar-refractivity contribution in [1.29, 1.82) is 5.41 Å². The molecule has 0 radical (unpaired) electrons. The maximum absolute atomic E-state index is 12.4. The first-order valence-electron chi connectivity index (χ1n) is 5.20. The van der Waals surface area contributed by atoms with Crippen molar-refractivity contribution in [2.45, 2.75) is 13.1 Å². The van der Waals surface area contributed by atoms with Crippen molar-refractivity contribution in [3.8, 4) is 0 Å². The topological polar surface area (TPSA) is 53.1 Å². The summed E-state index contributed by atoms with van der Waals surface area (Å²) >= 11 is 5.87. The molecule has 100 valence electrons. The summed E-state index contributed by atoms with van der Waals surface area (Å²) in [6, 6.07) is 4.30. The van der Waals surface area contributed by atoms with Crippen LogP contribution in [0.5, 0.6) is 0 Å². The van der Waals surface area contributed by atoms with Crippen LogP contribution in [0, 0.1) is 5.41 Å². The Bertz CT molecular complexity index is 446. The Kier molecular flexibility index (Phi) is 4.45. The highest BCUT2D eigenvalue weighted by atomic mass is 35.5. The average Bonchev–Trinajstić information content (AvgIpc) is 2.24. The van der Waals surface area contributed by atoms with Gasteiger partial charge in [-0.15, -0.1) is 0 Å². The molecule has 0 aromatic heterocycles. The number of benzene rings is 1. The summed E-state index contributed by atoms with van der Waals surface area (Å²) in [6.45, 7) is 0.785. The first-order chi connectivity index (χ1) is 8.24. The summed E-state index contributed by atoms with van der Waals surface area (Å²) in [6.07, 6.45) is -4.28. The molecule has 7 heteroatoms. The largest absolute Gasteiger partial charge is 0.405 e. The zero-order chi connectivity index (χ0) is 13.9. The molecule has 0 heterocycles. The second kappa shape index (κ2) is 5.48. The van der Waals surface area contributed by atoms with Crippen LogP contribution in [0.4, 0.5) is 18.9 Å². The molecule has 1 aromatic rings. The molecule has 0 bridgehead atoms. The van der Waals surface area contributed by atoms with Crippen LogP contribution in [0.3, 0.4) is 0 Å². The highest BCUT2D eigenvalue weighted by Gasteiger charge is 2.30. The number of halogens is 4. The van der Waals surface area contributed by atoms with Crippen molar-refractivity contribution in [1.82, 2.24) is 0 Å². The summed E-state index contributed by atoms with van der Waals surface area (Å²) < 4.78 is 37.1. The summed E-state index contributed by atoms with van der Waals surface area (Å²) in [7, 11) is 0. The van der Waals surface area contributed by atoms with Gasteiger partial charge in [0.05, 0.1) is 5.02 Å². The number of hydrogen-bond acceptors (Lipinski definition) is 2. The van der Waals surface area contributed by atoms with Crippen LogP contribution in [-0.4, -0.2) is 25.1 Å². The van der Waals surface area contributed by atoms with Crippen LogP contribution in [0.15, 0.2) is 18.2 Å². The van der Waals surface area contributed by atoms with Crippen molar-refractivity contribution in [2.24, 2.45) is 5.73 Å². The number of alkyl halides is 3. The van der Waals surface area contributed by atoms with Gasteiger partial charge in [-0.05, 0) is 25.1 Å². The minimum Gasteiger partial charge on any atom is -0.384 e. The first kappa shape index (κ1) is 14.6. The second-order valence-corrected chi connectivity index (χ2v) is 4.11. The Morgan fingerprint density at radius 2 is 2.06 bits per heavy atom. The Morgan fingerprint density at radius 3 is 2.44 bits per heavy atom. The lowest BCUT2D eigenvalue weighted by Gasteiger charge is -2.24.